The summed E-state index contributed by atoms with van der Waals surface area (Å²) in [6.07, 6.45) is 1.24. The van der Waals surface area contributed by atoms with Crippen molar-refractivity contribution in [1.82, 2.24) is 0 Å². The van der Waals surface area contributed by atoms with Crippen molar-refractivity contribution in [3.05, 3.63) is 30.3 Å². The molecule has 0 bridgehead atoms. The summed E-state index contributed by atoms with van der Waals surface area (Å²) in [7, 11) is 0. The largest absolute Gasteiger partial charge is 0.481 e. The van der Waals surface area contributed by atoms with E-state index in [-0.39, 0.29) is 17.8 Å². The van der Waals surface area contributed by atoms with E-state index in [1.54, 1.807) is 0 Å². The summed E-state index contributed by atoms with van der Waals surface area (Å²) in [6.45, 7) is 6.23. The Morgan fingerprint density at radius 3 is 2.61 bits per heavy atom. The molecular formula is C15H21NO2. The molecule has 1 aromatic rings. The van der Waals surface area contributed by atoms with Crippen LogP contribution in [0.1, 0.15) is 26.7 Å². The standard InChI is InChI=1S/C15H21NO2/c1-15(2)11-16(13-6-4-3-5-7-13)9-8-12(15)10-14(17)18/h3-7,12H,8-11H2,1-2H3,(H,17,18). The number of nitrogens with zero attached hydrogens (tertiary/aromatic N) is 1. The van der Waals surface area contributed by atoms with Gasteiger partial charge in [0.2, 0.25) is 0 Å². The average molecular weight is 247 g/mol. The zero-order valence-corrected chi connectivity index (χ0v) is 11.1. The van der Waals surface area contributed by atoms with Gasteiger partial charge in [-0.25, -0.2) is 0 Å². The number of carbonyl (C=O) groups is 1. The molecule has 2 rings (SSSR count). The van der Waals surface area contributed by atoms with Crippen LogP contribution in [0.4, 0.5) is 5.69 Å². The number of hydrogen-bond donors (Lipinski definition) is 1. The number of hydrogen-bond acceptors (Lipinski definition) is 2. The van der Waals surface area contributed by atoms with Crippen LogP contribution in [0.15, 0.2) is 30.3 Å². The lowest BCUT2D eigenvalue weighted by Gasteiger charge is -2.45. The predicted octanol–water partition coefficient (Wildman–Crippen LogP) is 3.01. The van der Waals surface area contributed by atoms with E-state index in [2.05, 4.69) is 30.9 Å². The highest BCUT2D eigenvalue weighted by Crippen LogP contribution is 2.38. The van der Waals surface area contributed by atoms with Gasteiger partial charge in [-0.3, -0.25) is 4.79 Å². The van der Waals surface area contributed by atoms with Gasteiger partial charge in [-0.1, -0.05) is 32.0 Å². The fourth-order valence-electron chi connectivity index (χ4n) is 2.85. The smallest absolute Gasteiger partial charge is 0.303 e. The molecule has 3 nitrogen and oxygen atoms in total. The lowest BCUT2D eigenvalue weighted by molar-refractivity contribution is -0.139. The second kappa shape index (κ2) is 5.01. The molecule has 1 saturated heterocycles. The molecule has 1 atom stereocenters. The van der Waals surface area contributed by atoms with Gasteiger partial charge in [-0.2, -0.15) is 0 Å². The molecule has 1 aliphatic heterocycles. The molecule has 0 saturated carbocycles. The van der Waals surface area contributed by atoms with Gasteiger partial charge in [-0.05, 0) is 29.9 Å². The first-order chi connectivity index (χ1) is 8.49. The van der Waals surface area contributed by atoms with Crippen molar-refractivity contribution < 1.29 is 9.90 Å². The van der Waals surface area contributed by atoms with Crippen molar-refractivity contribution in [3.63, 3.8) is 0 Å². The van der Waals surface area contributed by atoms with E-state index in [9.17, 15) is 4.79 Å². The van der Waals surface area contributed by atoms with E-state index < -0.39 is 5.97 Å². The number of benzene rings is 1. The van der Waals surface area contributed by atoms with Crippen LogP contribution in [-0.2, 0) is 4.79 Å². The van der Waals surface area contributed by atoms with Crippen molar-refractivity contribution >= 4 is 11.7 Å². The van der Waals surface area contributed by atoms with Gasteiger partial charge in [-0.15, -0.1) is 0 Å². The molecule has 0 spiro atoms. The topological polar surface area (TPSA) is 40.5 Å². The van der Waals surface area contributed by atoms with E-state index in [0.29, 0.717) is 0 Å². The maximum atomic E-state index is 10.9. The highest BCUT2D eigenvalue weighted by Gasteiger charge is 2.36. The molecule has 98 valence electrons. The minimum Gasteiger partial charge on any atom is -0.481 e. The summed E-state index contributed by atoms with van der Waals surface area (Å²) in [5.74, 6) is -0.406. The zero-order valence-electron chi connectivity index (χ0n) is 11.1. The van der Waals surface area contributed by atoms with Crippen LogP contribution in [0.5, 0.6) is 0 Å². The Bertz CT molecular complexity index is 414. The minimum absolute atomic E-state index is 0.0481. The molecule has 0 aromatic heterocycles. The maximum absolute atomic E-state index is 10.9. The molecule has 0 amide bonds. The molecule has 3 heteroatoms. The van der Waals surface area contributed by atoms with Gasteiger partial charge in [0.1, 0.15) is 0 Å². The summed E-state index contributed by atoms with van der Waals surface area (Å²) in [5.41, 5.74) is 1.28. The van der Waals surface area contributed by atoms with Crippen molar-refractivity contribution in [3.8, 4) is 0 Å². The van der Waals surface area contributed by atoms with E-state index in [1.165, 1.54) is 5.69 Å². The number of carboxylic acids is 1. The molecule has 1 N–H and O–H groups in total. The van der Waals surface area contributed by atoms with Gasteiger partial charge in [0, 0.05) is 25.2 Å². The molecule has 18 heavy (non-hydrogen) atoms. The van der Waals surface area contributed by atoms with E-state index in [1.807, 2.05) is 18.2 Å². The first-order valence-corrected chi connectivity index (χ1v) is 6.51. The number of para-hydroxylation sites is 1. The fourth-order valence-corrected chi connectivity index (χ4v) is 2.85. The molecule has 1 unspecified atom stereocenters. The van der Waals surface area contributed by atoms with Crippen molar-refractivity contribution in [2.24, 2.45) is 11.3 Å². The Hall–Kier alpha value is -1.51. The highest BCUT2D eigenvalue weighted by atomic mass is 16.4. The highest BCUT2D eigenvalue weighted by molar-refractivity contribution is 5.67. The molecule has 1 aliphatic rings. The van der Waals surface area contributed by atoms with Gasteiger partial charge in [0.15, 0.2) is 0 Å². The van der Waals surface area contributed by atoms with Crippen molar-refractivity contribution in [2.75, 3.05) is 18.0 Å². The number of anilines is 1. The normalized spacial score (nSPS) is 22.8. The van der Waals surface area contributed by atoms with Crippen LogP contribution in [-0.4, -0.2) is 24.2 Å². The molecule has 1 heterocycles. The summed E-state index contributed by atoms with van der Waals surface area (Å²) in [4.78, 5) is 13.3. The number of aliphatic carboxylic acids is 1. The van der Waals surface area contributed by atoms with Crippen LogP contribution in [0.2, 0.25) is 0 Å². The van der Waals surface area contributed by atoms with Gasteiger partial charge in [0.05, 0.1) is 0 Å². The third-order valence-electron chi connectivity index (χ3n) is 3.99. The second-order valence-electron chi connectivity index (χ2n) is 5.83. The van der Waals surface area contributed by atoms with Gasteiger partial charge >= 0.3 is 5.97 Å². The third-order valence-corrected chi connectivity index (χ3v) is 3.99. The lowest BCUT2D eigenvalue weighted by atomic mass is 9.72. The molecule has 0 radical (unpaired) electrons. The quantitative estimate of drug-likeness (QED) is 0.892. The van der Waals surface area contributed by atoms with Crippen LogP contribution < -0.4 is 4.90 Å². The first kappa shape index (κ1) is 12.9. The van der Waals surface area contributed by atoms with Crippen molar-refractivity contribution in [1.29, 1.82) is 0 Å². The Labute approximate surface area is 108 Å². The number of rotatable bonds is 3. The Morgan fingerprint density at radius 2 is 2.06 bits per heavy atom. The maximum Gasteiger partial charge on any atom is 0.303 e. The summed E-state index contributed by atoms with van der Waals surface area (Å²) >= 11 is 0. The summed E-state index contributed by atoms with van der Waals surface area (Å²) < 4.78 is 0. The number of piperidine rings is 1. The van der Waals surface area contributed by atoms with Crippen LogP contribution in [0, 0.1) is 11.3 Å². The Balaban J connectivity index is 2.08. The van der Waals surface area contributed by atoms with Gasteiger partial charge < -0.3 is 10.0 Å². The number of carboxylic acid groups (broad SMARTS) is 1. The SMILES string of the molecule is CC1(C)CN(c2ccccc2)CCC1CC(=O)O. The van der Waals surface area contributed by atoms with E-state index >= 15 is 0 Å². The Morgan fingerprint density at radius 1 is 1.39 bits per heavy atom. The van der Waals surface area contributed by atoms with Crippen LogP contribution >= 0.6 is 0 Å². The first-order valence-electron chi connectivity index (χ1n) is 6.51. The molecule has 0 aliphatic carbocycles. The molecule has 1 fully saturated rings. The second-order valence-corrected chi connectivity index (χ2v) is 5.83. The monoisotopic (exact) mass is 247 g/mol. The minimum atomic E-state index is -0.679. The van der Waals surface area contributed by atoms with E-state index in [4.69, 9.17) is 5.11 Å². The fraction of sp³-hybridized carbons (Fsp3) is 0.533. The zero-order chi connectivity index (χ0) is 13.2. The van der Waals surface area contributed by atoms with E-state index in [0.717, 1.165) is 19.5 Å². The molecule has 1 aromatic carbocycles. The predicted molar refractivity (Wildman–Crippen MR) is 72.8 cm³/mol. The molecular weight excluding hydrogens is 226 g/mol. The van der Waals surface area contributed by atoms with Crippen LogP contribution in [0.3, 0.4) is 0 Å². The summed E-state index contributed by atoms with van der Waals surface area (Å²) in [6, 6.07) is 10.4. The third kappa shape index (κ3) is 2.84. The van der Waals surface area contributed by atoms with Gasteiger partial charge in [0.25, 0.3) is 0 Å². The lowest BCUT2D eigenvalue weighted by Crippen LogP contribution is -2.46. The average Bonchev–Trinajstić information content (AvgIpc) is 2.32. The van der Waals surface area contributed by atoms with Crippen LogP contribution in [0.25, 0.3) is 0 Å². The summed E-state index contributed by atoms with van der Waals surface area (Å²) in [5, 5.41) is 8.97. The Kier molecular flexibility index (Phi) is 3.60. The van der Waals surface area contributed by atoms with Crippen molar-refractivity contribution in [2.45, 2.75) is 26.7 Å².